The Hall–Kier alpha value is 0.1000. The van der Waals surface area contributed by atoms with Gasteiger partial charge in [0, 0.05) is 33.3 Å². The van der Waals surface area contributed by atoms with Crippen LogP contribution >= 0.6 is 27.3 Å². The molecular formula is C11H16BrNOS. The molecule has 1 aromatic rings. The Balaban J connectivity index is 1.97. The molecule has 1 N–H and O–H groups in total. The summed E-state index contributed by atoms with van der Waals surface area (Å²) < 4.78 is 6.74. The van der Waals surface area contributed by atoms with E-state index < -0.39 is 0 Å². The van der Waals surface area contributed by atoms with Gasteiger partial charge in [-0.05, 0) is 41.9 Å². The minimum absolute atomic E-state index is 0.611. The lowest BCUT2D eigenvalue weighted by atomic mass is 9.92. The van der Waals surface area contributed by atoms with Crippen LogP contribution < -0.4 is 5.32 Å². The summed E-state index contributed by atoms with van der Waals surface area (Å²) in [4.78, 5) is 1.44. The van der Waals surface area contributed by atoms with Crippen molar-refractivity contribution in [1.82, 2.24) is 5.32 Å². The summed E-state index contributed by atoms with van der Waals surface area (Å²) in [5.41, 5.74) is 0. The highest BCUT2D eigenvalue weighted by Gasteiger charge is 2.24. The molecule has 2 unspecified atom stereocenters. The topological polar surface area (TPSA) is 21.3 Å². The number of hydrogen-bond donors (Lipinski definition) is 1. The van der Waals surface area contributed by atoms with E-state index in [-0.39, 0.29) is 0 Å². The fourth-order valence-corrected chi connectivity index (χ4v) is 3.64. The predicted molar refractivity (Wildman–Crippen MR) is 67.5 cm³/mol. The number of ether oxygens (including phenoxy) is 1. The second-order valence-electron chi connectivity index (χ2n) is 3.95. The lowest BCUT2D eigenvalue weighted by Crippen LogP contribution is -2.41. The molecule has 0 radical (unpaired) electrons. The predicted octanol–water partition coefficient (Wildman–Crippen LogP) is 2.68. The van der Waals surface area contributed by atoms with E-state index in [9.17, 15) is 0 Å². The second-order valence-corrected chi connectivity index (χ2v) is 5.87. The van der Waals surface area contributed by atoms with Crippen LogP contribution in [-0.4, -0.2) is 26.3 Å². The molecule has 0 saturated carbocycles. The van der Waals surface area contributed by atoms with E-state index in [0.29, 0.717) is 12.0 Å². The largest absolute Gasteiger partial charge is 0.381 e. The van der Waals surface area contributed by atoms with Crippen molar-refractivity contribution in [3.63, 3.8) is 0 Å². The highest BCUT2D eigenvalue weighted by Crippen LogP contribution is 2.25. The molecule has 2 rings (SSSR count). The third-order valence-corrected chi connectivity index (χ3v) is 4.65. The van der Waals surface area contributed by atoms with Gasteiger partial charge < -0.3 is 10.1 Å². The minimum atomic E-state index is 0.611. The third-order valence-electron chi connectivity index (χ3n) is 2.93. The first-order valence-electron chi connectivity index (χ1n) is 5.27. The maximum absolute atomic E-state index is 5.55. The van der Waals surface area contributed by atoms with Gasteiger partial charge in [0.2, 0.25) is 0 Å². The van der Waals surface area contributed by atoms with Crippen molar-refractivity contribution < 1.29 is 4.74 Å². The molecule has 1 fully saturated rings. The lowest BCUT2D eigenvalue weighted by Gasteiger charge is -2.31. The summed E-state index contributed by atoms with van der Waals surface area (Å²) in [6.07, 6.45) is 2.26. The second kappa shape index (κ2) is 5.43. The van der Waals surface area contributed by atoms with Crippen LogP contribution in [0.15, 0.2) is 15.9 Å². The van der Waals surface area contributed by atoms with Crippen LogP contribution in [0.2, 0.25) is 0 Å². The fourth-order valence-electron chi connectivity index (χ4n) is 2.10. The van der Waals surface area contributed by atoms with Crippen molar-refractivity contribution >= 4 is 27.3 Å². The summed E-state index contributed by atoms with van der Waals surface area (Å²) in [6, 6.07) is 2.83. The first kappa shape index (κ1) is 11.6. The van der Waals surface area contributed by atoms with Crippen LogP contribution in [-0.2, 0) is 11.2 Å². The summed E-state index contributed by atoms with van der Waals surface area (Å²) in [7, 11) is 2.05. The number of rotatable bonds is 3. The molecule has 2 nitrogen and oxygen atoms in total. The highest BCUT2D eigenvalue weighted by atomic mass is 79.9. The normalized spacial score (nSPS) is 26.8. The standard InChI is InChI=1S/C11H16BrNOS/c1-13-11-2-3-14-6-8(11)4-10-5-9(12)7-15-10/h5,7-8,11,13H,2-4,6H2,1H3. The summed E-state index contributed by atoms with van der Waals surface area (Å²) in [5, 5.41) is 5.54. The van der Waals surface area contributed by atoms with Crippen LogP contribution in [0, 0.1) is 5.92 Å². The average molecular weight is 290 g/mol. The van der Waals surface area contributed by atoms with Gasteiger partial charge in [0.1, 0.15) is 0 Å². The zero-order valence-electron chi connectivity index (χ0n) is 8.83. The van der Waals surface area contributed by atoms with Gasteiger partial charge in [-0.2, -0.15) is 0 Å². The smallest absolute Gasteiger partial charge is 0.0512 e. The van der Waals surface area contributed by atoms with E-state index in [1.807, 2.05) is 18.4 Å². The van der Waals surface area contributed by atoms with E-state index >= 15 is 0 Å². The fraction of sp³-hybridized carbons (Fsp3) is 0.636. The van der Waals surface area contributed by atoms with Crippen LogP contribution in [0.3, 0.4) is 0 Å². The van der Waals surface area contributed by atoms with Gasteiger partial charge in [0.15, 0.2) is 0 Å². The Labute approximate surface area is 103 Å². The van der Waals surface area contributed by atoms with Crippen LogP contribution in [0.25, 0.3) is 0 Å². The van der Waals surface area contributed by atoms with Crippen LogP contribution in [0.1, 0.15) is 11.3 Å². The van der Waals surface area contributed by atoms with E-state index in [1.54, 1.807) is 0 Å². The Morgan fingerprint density at radius 1 is 1.67 bits per heavy atom. The summed E-state index contributed by atoms with van der Waals surface area (Å²) >= 11 is 5.32. The molecule has 1 saturated heterocycles. The highest BCUT2D eigenvalue weighted by molar-refractivity contribution is 9.10. The van der Waals surface area contributed by atoms with Gasteiger partial charge in [-0.1, -0.05) is 0 Å². The van der Waals surface area contributed by atoms with Gasteiger partial charge in [-0.3, -0.25) is 0 Å². The van der Waals surface area contributed by atoms with Gasteiger partial charge in [-0.15, -0.1) is 11.3 Å². The molecule has 0 aromatic carbocycles. The maximum Gasteiger partial charge on any atom is 0.0512 e. The van der Waals surface area contributed by atoms with E-state index in [4.69, 9.17) is 4.74 Å². The Kier molecular flexibility index (Phi) is 4.20. The average Bonchev–Trinajstić information content (AvgIpc) is 2.65. The van der Waals surface area contributed by atoms with Crippen LogP contribution in [0.5, 0.6) is 0 Å². The summed E-state index contributed by atoms with van der Waals surface area (Å²) in [6.45, 7) is 1.79. The third kappa shape index (κ3) is 3.03. The first-order valence-corrected chi connectivity index (χ1v) is 6.95. The molecule has 2 atom stereocenters. The zero-order chi connectivity index (χ0) is 10.7. The monoisotopic (exact) mass is 289 g/mol. The van der Waals surface area contributed by atoms with Crippen LogP contribution in [0.4, 0.5) is 0 Å². The van der Waals surface area contributed by atoms with Crippen molar-refractivity contribution in [2.75, 3.05) is 20.3 Å². The molecular weight excluding hydrogens is 274 g/mol. The number of thiophene rings is 1. The van der Waals surface area contributed by atoms with E-state index in [0.717, 1.165) is 26.1 Å². The molecule has 0 spiro atoms. The van der Waals surface area contributed by atoms with Gasteiger partial charge >= 0.3 is 0 Å². The molecule has 1 aliphatic heterocycles. The molecule has 0 amide bonds. The number of halogens is 1. The Morgan fingerprint density at radius 2 is 2.53 bits per heavy atom. The molecule has 1 aromatic heterocycles. The van der Waals surface area contributed by atoms with Crippen molar-refractivity contribution in [2.45, 2.75) is 18.9 Å². The molecule has 84 valence electrons. The van der Waals surface area contributed by atoms with Crippen molar-refractivity contribution in [1.29, 1.82) is 0 Å². The maximum atomic E-state index is 5.55. The number of nitrogens with one attached hydrogen (secondary N) is 1. The quantitative estimate of drug-likeness (QED) is 0.924. The SMILES string of the molecule is CNC1CCOCC1Cc1cc(Br)cs1. The molecule has 4 heteroatoms. The molecule has 2 heterocycles. The summed E-state index contributed by atoms with van der Waals surface area (Å²) in [5.74, 6) is 0.620. The van der Waals surface area contributed by atoms with Crippen molar-refractivity contribution in [3.8, 4) is 0 Å². The molecule has 1 aliphatic rings. The van der Waals surface area contributed by atoms with Crippen molar-refractivity contribution in [2.24, 2.45) is 5.92 Å². The Morgan fingerprint density at radius 3 is 3.20 bits per heavy atom. The zero-order valence-corrected chi connectivity index (χ0v) is 11.2. The van der Waals surface area contributed by atoms with Gasteiger partial charge in [-0.25, -0.2) is 0 Å². The molecule has 0 aliphatic carbocycles. The minimum Gasteiger partial charge on any atom is -0.381 e. The first-order chi connectivity index (χ1) is 7.29. The van der Waals surface area contributed by atoms with Gasteiger partial charge in [0.25, 0.3) is 0 Å². The van der Waals surface area contributed by atoms with E-state index in [1.165, 1.54) is 9.35 Å². The number of hydrogen-bond acceptors (Lipinski definition) is 3. The Bertz CT molecular complexity index is 315. The van der Waals surface area contributed by atoms with E-state index in [2.05, 4.69) is 32.7 Å². The molecule has 0 bridgehead atoms. The molecule has 15 heavy (non-hydrogen) atoms. The lowest BCUT2D eigenvalue weighted by molar-refractivity contribution is 0.0345. The van der Waals surface area contributed by atoms with Crippen molar-refractivity contribution in [3.05, 3.63) is 20.8 Å². The van der Waals surface area contributed by atoms with Gasteiger partial charge in [0.05, 0.1) is 6.61 Å².